The van der Waals surface area contributed by atoms with Crippen LogP contribution in [0.3, 0.4) is 0 Å². The number of likely N-dealkylation sites (N-methyl/N-ethyl adjacent to an activating group) is 1. The number of nitrogens with one attached hydrogen (secondary N) is 1. The number of ether oxygens (including phenoxy) is 1. The van der Waals surface area contributed by atoms with Crippen LogP contribution in [0.2, 0.25) is 0 Å². The second kappa shape index (κ2) is 9.59. The second-order valence-electron chi connectivity index (χ2n) is 7.45. The minimum Gasteiger partial charge on any atom is -0.494 e. The zero-order valence-electron chi connectivity index (χ0n) is 17.7. The Morgan fingerprint density at radius 2 is 1.73 bits per heavy atom. The molecule has 1 aliphatic rings. The minimum atomic E-state index is -3.64. The molecule has 2 aromatic rings. The number of hydrogen-bond donors (Lipinski definition) is 1. The molecular formula is C22H29N3O4S. The van der Waals surface area contributed by atoms with Crippen molar-refractivity contribution in [3.8, 4) is 5.75 Å². The molecule has 0 spiro atoms. The Morgan fingerprint density at radius 1 is 1.07 bits per heavy atom. The zero-order valence-corrected chi connectivity index (χ0v) is 18.5. The normalized spacial score (nSPS) is 15.7. The van der Waals surface area contributed by atoms with Crippen LogP contribution >= 0.6 is 0 Å². The molecule has 0 atom stereocenters. The van der Waals surface area contributed by atoms with Gasteiger partial charge in [0, 0.05) is 38.3 Å². The van der Waals surface area contributed by atoms with Crippen molar-refractivity contribution in [1.29, 1.82) is 0 Å². The number of aryl methyl sites for hydroxylation is 1. The summed E-state index contributed by atoms with van der Waals surface area (Å²) in [4.78, 5) is 14.9. The largest absolute Gasteiger partial charge is 0.494 e. The molecule has 0 radical (unpaired) electrons. The zero-order chi connectivity index (χ0) is 21.7. The summed E-state index contributed by atoms with van der Waals surface area (Å²) in [6.07, 6.45) is 0. The number of rotatable bonds is 7. The van der Waals surface area contributed by atoms with E-state index in [1.54, 1.807) is 19.1 Å². The summed E-state index contributed by atoms with van der Waals surface area (Å²) in [6, 6.07) is 12.3. The van der Waals surface area contributed by atoms with Crippen LogP contribution in [0.4, 0.5) is 0 Å². The Morgan fingerprint density at radius 3 is 2.37 bits per heavy atom. The highest BCUT2D eigenvalue weighted by atomic mass is 32.2. The molecule has 1 amide bonds. The van der Waals surface area contributed by atoms with Gasteiger partial charge in [0.15, 0.2) is 0 Å². The molecule has 1 aliphatic heterocycles. The number of carbonyl (C=O) groups excluding carboxylic acids is 1. The Hall–Kier alpha value is -2.42. The maximum Gasteiger partial charge on any atom is 0.251 e. The van der Waals surface area contributed by atoms with Crippen LogP contribution in [0.25, 0.3) is 0 Å². The number of hydrogen-bond acceptors (Lipinski definition) is 5. The van der Waals surface area contributed by atoms with Gasteiger partial charge in [-0.15, -0.1) is 0 Å². The smallest absolute Gasteiger partial charge is 0.251 e. The molecule has 0 aromatic heterocycles. The van der Waals surface area contributed by atoms with E-state index in [4.69, 9.17) is 4.74 Å². The molecule has 0 unspecified atom stereocenters. The topological polar surface area (TPSA) is 78.9 Å². The fourth-order valence-electron chi connectivity index (χ4n) is 3.34. The van der Waals surface area contributed by atoms with Crippen LogP contribution in [0, 0.1) is 6.92 Å². The average Bonchev–Trinajstić information content (AvgIpc) is 2.74. The first-order valence-corrected chi connectivity index (χ1v) is 11.5. The van der Waals surface area contributed by atoms with E-state index >= 15 is 0 Å². The van der Waals surface area contributed by atoms with Gasteiger partial charge < -0.3 is 15.0 Å². The number of sulfonamides is 1. The maximum absolute atomic E-state index is 13.1. The highest BCUT2D eigenvalue weighted by Crippen LogP contribution is 2.22. The van der Waals surface area contributed by atoms with Crippen molar-refractivity contribution in [2.75, 3.05) is 39.8 Å². The maximum atomic E-state index is 13.1. The lowest BCUT2D eigenvalue weighted by Crippen LogP contribution is -2.47. The van der Waals surface area contributed by atoms with E-state index in [-0.39, 0.29) is 10.8 Å². The Labute approximate surface area is 178 Å². The van der Waals surface area contributed by atoms with Crippen molar-refractivity contribution in [2.45, 2.75) is 25.3 Å². The molecule has 0 bridgehead atoms. The highest BCUT2D eigenvalue weighted by Gasteiger charge is 2.29. The molecule has 1 fully saturated rings. The number of benzene rings is 2. The third-order valence-electron chi connectivity index (χ3n) is 5.22. The summed E-state index contributed by atoms with van der Waals surface area (Å²) in [5.41, 5.74) is 1.90. The molecule has 0 saturated carbocycles. The molecule has 1 saturated heterocycles. The summed E-state index contributed by atoms with van der Waals surface area (Å²) in [5, 5.41) is 2.86. The van der Waals surface area contributed by atoms with E-state index in [2.05, 4.69) is 10.2 Å². The number of carbonyl (C=O) groups is 1. The molecule has 3 rings (SSSR count). The van der Waals surface area contributed by atoms with Crippen molar-refractivity contribution in [3.05, 3.63) is 59.2 Å². The van der Waals surface area contributed by atoms with E-state index in [1.807, 2.05) is 38.2 Å². The molecule has 162 valence electrons. The fraction of sp³-hybridized carbons (Fsp3) is 0.409. The summed E-state index contributed by atoms with van der Waals surface area (Å²) in [5.74, 6) is 0.476. The van der Waals surface area contributed by atoms with E-state index in [9.17, 15) is 13.2 Å². The number of piperazine rings is 1. The van der Waals surface area contributed by atoms with E-state index < -0.39 is 10.0 Å². The van der Waals surface area contributed by atoms with Gasteiger partial charge >= 0.3 is 0 Å². The van der Waals surface area contributed by atoms with Gasteiger partial charge in [0.25, 0.3) is 5.91 Å². The molecule has 1 heterocycles. The summed E-state index contributed by atoms with van der Waals surface area (Å²) < 4.78 is 33.1. The predicted octanol–water partition coefficient (Wildman–Crippen LogP) is 2.26. The first kappa shape index (κ1) is 22.3. The SMILES string of the molecule is CCOc1ccc(CNC(=O)c2ccc(C)c(S(=O)(=O)N3CCN(C)CC3)c2)cc1. The summed E-state index contributed by atoms with van der Waals surface area (Å²) in [6.45, 7) is 6.92. The first-order chi connectivity index (χ1) is 14.3. The monoisotopic (exact) mass is 431 g/mol. The standard InChI is InChI=1S/C22H29N3O4S/c1-4-29-20-9-6-18(7-10-20)16-23-22(26)19-8-5-17(2)21(15-19)30(27,28)25-13-11-24(3)12-14-25/h5-10,15H,4,11-14,16H2,1-3H3,(H,23,26). The van der Waals surface area contributed by atoms with Gasteiger partial charge in [-0.25, -0.2) is 8.42 Å². The van der Waals surface area contributed by atoms with Crippen molar-refractivity contribution >= 4 is 15.9 Å². The lowest BCUT2D eigenvalue weighted by atomic mass is 10.1. The summed E-state index contributed by atoms with van der Waals surface area (Å²) in [7, 11) is -1.66. The third kappa shape index (κ3) is 5.19. The molecule has 1 N–H and O–H groups in total. The first-order valence-electron chi connectivity index (χ1n) is 10.1. The van der Waals surface area contributed by atoms with Gasteiger partial charge in [-0.3, -0.25) is 4.79 Å². The van der Waals surface area contributed by atoms with Crippen LogP contribution in [0.1, 0.15) is 28.4 Å². The van der Waals surface area contributed by atoms with Crippen molar-refractivity contribution < 1.29 is 17.9 Å². The second-order valence-corrected chi connectivity index (χ2v) is 9.35. The van der Waals surface area contributed by atoms with E-state index in [0.717, 1.165) is 11.3 Å². The lowest BCUT2D eigenvalue weighted by Gasteiger charge is -2.32. The fourth-order valence-corrected chi connectivity index (χ4v) is 5.01. The van der Waals surface area contributed by atoms with Crippen LogP contribution in [-0.4, -0.2) is 63.4 Å². The van der Waals surface area contributed by atoms with Crippen LogP contribution in [0.15, 0.2) is 47.4 Å². The lowest BCUT2D eigenvalue weighted by molar-refractivity contribution is 0.0950. The van der Waals surface area contributed by atoms with Gasteiger partial charge in [-0.2, -0.15) is 4.31 Å². The van der Waals surface area contributed by atoms with Gasteiger partial charge in [0.05, 0.1) is 11.5 Å². The third-order valence-corrected chi connectivity index (χ3v) is 7.26. The molecule has 2 aromatic carbocycles. The molecule has 0 aliphatic carbocycles. The molecule has 8 heteroatoms. The Balaban J connectivity index is 1.71. The Kier molecular flexibility index (Phi) is 7.12. The van der Waals surface area contributed by atoms with E-state index in [0.29, 0.717) is 50.5 Å². The molecule has 7 nitrogen and oxygen atoms in total. The minimum absolute atomic E-state index is 0.195. The molecule has 30 heavy (non-hydrogen) atoms. The number of nitrogens with zero attached hydrogens (tertiary/aromatic N) is 2. The average molecular weight is 432 g/mol. The van der Waals surface area contributed by atoms with Crippen LogP contribution in [-0.2, 0) is 16.6 Å². The van der Waals surface area contributed by atoms with Gasteiger partial charge in [0.1, 0.15) is 5.75 Å². The van der Waals surface area contributed by atoms with E-state index in [1.165, 1.54) is 10.4 Å². The van der Waals surface area contributed by atoms with Gasteiger partial charge in [0.2, 0.25) is 10.0 Å². The van der Waals surface area contributed by atoms with Gasteiger partial charge in [-0.05, 0) is 56.3 Å². The van der Waals surface area contributed by atoms with Crippen molar-refractivity contribution in [1.82, 2.24) is 14.5 Å². The number of amides is 1. The van der Waals surface area contributed by atoms with Crippen LogP contribution in [0.5, 0.6) is 5.75 Å². The molecular weight excluding hydrogens is 402 g/mol. The van der Waals surface area contributed by atoms with Crippen LogP contribution < -0.4 is 10.1 Å². The quantitative estimate of drug-likeness (QED) is 0.728. The van der Waals surface area contributed by atoms with Crippen molar-refractivity contribution in [3.63, 3.8) is 0 Å². The van der Waals surface area contributed by atoms with Gasteiger partial charge in [-0.1, -0.05) is 18.2 Å². The predicted molar refractivity (Wildman–Crippen MR) is 116 cm³/mol. The summed E-state index contributed by atoms with van der Waals surface area (Å²) >= 11 is 0. The Bertz CT molecular complexity index is 982. The van der Waals surface area contributed by atoms with Crippen molar-refractivity contribution in [2.24, 2.45) is 0 Å². The highest BCUT2D eigenvalue weighted by molar-refractivity contribution is 7.89.